The van der Waals surface area contributed by atoms with Crippen molar-refractivity contribution in [1.82, 2.24) is 5.32 Å². The zero-order chi connectivity index (χ0) is 10.8. The summed E-state index contributed by atoms with van der Waals surface area (Å²) in [5.41, 5.74) is 0. The normalized spacial score (nSPS) is 35.5. The van der Waals surface area contributed by atoms with Crippen molar-refractivity contribution in [2.75, 3.05) is 7.11 Å². The molecule has 2 fully saturated rings. The Hall–Kier alpha value is -0.610. The molecule has 4 heteroatoms. The van der Waals surface area contributed by atoms with E-state index in [0.717, 1.165) is 19.3 Å². The molecular weight excluding hydrogens is 194 g/mol. The van der Waals surface area contributed by atoms with Gasteiger partial charge in [0.2, 0.25) is 0 Å². The van der Waals surface area contributed by atoms with E-state index in [1.54, 1.807) is 0 Å². The van der Waals surface area contributed by atoms with Crippen LogP contribution in [0.25, 0.3) is 0 Å². The van der Waals surface area contributed by atoms with E-state index in [4.69, 9.17) is 9.47 Å². The summed E-state index contributed by atoms with van der Waals surface area (Å²) >= 11 is 0. The van der Waals surface area contributed by atoms with Gasteiger partial charge in [0.05, 0.1) is 19.3 Å². The summed E-state index contributed by atoms with van der Waals surface area (Å²) < 4.78 is 10.5. The number of hydrogen-bond donors (Lipinski definition) is 1. The van der Waals surface area contributed by atoms with E-state index >= 15 is 0 Å². The van der Waals surface area contributed by atoms with Crippen molar-refractivity contribution in [2.45, 2.75) is 56.9 Å². The van der Waals surface area contributed by atoms with E-state index < -0.39 is 0 Å². The summed E-state index contributed by atoms with van der Waals surface area (Å²) in [5.74, 6) is -0.166. The Morgan fingerprint density at radius 1 is 1.60 bits per heavy atom. The number of hydrogen-bond acceptors (Lipinski definition) is 4. The van der Waals surface area contributed by atoms with Gasteiger partial charge in [-0.15, -0.1) is 0 Å². The summed E-state index contributed by atoms with van der Waals surface area (Å²) in [4.78, 5) is 11.4. The first kappa shape index (κ1) is 10.9. The SMILES string of the molecule is CCC(NC1CC2CCC1O2)C(=O)OC. The largest absolute Gasteiger partial charge is 0.468 e. The third-order valence-corrected chi connectivity index (χ3v) is 3.42. The summed E-state index contributed by atoms with van der Waals surface area (Å²) in [6.07, 6.45) is 4.84. The quantitative estimate of drug-likeness (QED) is 0.703. The molecule has 0 radical (unpaired) electrons. The summed E-state index contributed by atoms with van der Waals surface area (Å²) in [5, 5.41) is 3.35. The highest BCUT2D eigenvalue weighted by atomic mass is 16.5. The maximum absolute atomic E-state index is 11.4. The van der Waals surface area contributed by atoms with E-state index in [0.29, 0.717) is 18.2 Å². The van der Waals surface area contributed by atoms with Crippen molar-refractivity contribution in [2.24, 2.45) is 0 Å². The Balaban J connectivity index is 1.87. The predicted molar refractivity (Wildman–Crippen MR) is 55.5 cm³/mol. The standard InChI is InChI=1S/C11H19NO3/c1-3-8(11(13)14-2)12-9-6-7-4-5-10(9)15-7/h7-10,12H,3-6H2,1-2H3. The molecule has 4 atom stereocenters. The van der Waals surface area contributed by atoms with Crippen LogP contribution in [-0.2, 0) is 14.3 Å². The van der Waals surface area contributed by atoms with E-state index in [9.17, 15) is 4.79 Å². The van der Waals surface area contributed by atoms with Crippen molar-refractivity contribution in [3.63, 3.8) is 0 Å². The van der Waals surface area contributed by atoms with E-state index in [1.807, 2.05) is 6.92 Å². The number of fused-ring (bicyclic) bond motifs is 2. The minimum Gasteiger partial charge on any atom is -0.468 e. The number of carbonyl (C=O) groups is 1. The number of esters is 1. The molecule has 2 aliphatic rings. The van der Waals surface area contributed by atoms with Gasteiger partial charge in [0.1, 0.15) is 6.04 Å². The molecular formula is C11H19NO3. The minimum atomic E-state index is -0.178. The number of rotatable bonds is 4. The highest BCUT2D eigenvalue weighted by Crippen LogP contribution is 2.34. The van der Waals surface area contributed by atoms with E-state index in [1.165, 1.54) is 13.5 Å². The van der Waals surface area contributed by atoms with Gasteiger partial charge < -0.3 is 9.47 Å². The molecule has 0 aromatic heterocycles. The summed E-state index contributed by atoms with van der Waals surface area (Å²) in [6, 6.07) is 0.163. The third kappa shape index (κ3) is 2.16. The number of carbonyl (C=O) groups excluding carboxylic acids is 1. The van der Waals surface area contributed by atoms with Gasteiger partial charge in [-0.25, -0.2) is 0 Å². The number of ether oxygens (including phenoxy) is 2. The molecule has 2 heterocycles. The highest BCUT2D eigenvalue weighted by molar-refractivity contribution is 5.75. The lowest BCUT2D eigenvalue weighted by molar-refractivity contribution is -0.143. The van der Waals surface area contributed by atoms with E-state index in [-0.39, 0.29) is 12.0 Å². The Labute approximate surface area is 90.3 Å². The second-order valence-corrected chi connectivity index (χ2v) is 4.37. The fourth-order valence-corrected chi connectivity index (χ4v) is 2.57. The van der Waals surface area contributed by atoms with Crippen LogP contribution in [-0.4, -0.2) is 37.4 Å². The Bertz CT molecular complexity index is 244. The summed E-state index contributed by atoms with van der Waals surface area (Å²) in [6.45, 7) is 1.99. The monoisotopic (exact) mass is 213 g/mol. The van der Waals surface area contributed by atoms with Crippen LogP contribution in [0.4, 0.5) is 0 Å². The molecule has 15 heavy (non-hydrogen) atoms. The van der Waals surface area contributed by atoms with Crippen LogP contribution in [0.1, 0.15) is 32.6 Å². The van der Waals surface area contributed by atoms with Gasteiger partial charge in [-0.1, -0.05) is 6.92 Å². The second-order valence-electron chi connectivity index (χ2n) is 4.37. The van der Waals surface area contributed by atoms with Gasteiger partial charge in [0.25, 0.3) is 0 Å². The van der Waals surface area contributed by atoms with Crippen LogP contribution in [0.2, 0.25) is 0 Å². The molecule has 0 aliphatic carbocycles. The first-order valence-electron chi connectivity index (χ1n) is 5.74. The van der Waals surface area contributed by atoms with Crippen molar-refractivity contribution >= 4 is 5.97 Å². The maximum Gasteiger partial charge on any atom is 0.322 e. The van der Waals surface area contributed by atoms with Crippen LogP contribution in [0, 0.1) is 0 Å². The molecule has 4 unspecified atom stereocenters. The van der Waals surface area contributed by atoms with Gasteiger partial charge in [-0.3, -0.25) is 10.1 Å². The van der Waals surface area contributed by atoms with Crippen molar-refractivity contribution < 1.29 is 14.3 Å². The molecule has 0 spiro atoms. The summed E-state index contributed by atoms with van der Waals surface area (Å²) in [7, 11) is 1.43. The van der Waals surface area contributed by atoms with Crippen molar-refractivity contribution in [3.05, 3.63) is 0 Å². The van der Waals surface area contributed by atoms with Crippen LogP contribution in [0.5, 0.6) is 0 Å². The van der Waals surface area contributed by atoms with Crippen LogP contribution in [0.15, 0.2) is 0 Å². The Morgan fingerprint density at radius 3 is 2.87 bits per heavy atom. The lowest BCUT2D eigenvalue weighted by Crippen LogP contribution is -2.47. The van der Waals surface area contributed by atoms with Gasteiger partial charge in [-0.2, -0.15) is 0 Å². The minimum absolute atomic E-state index is 0.166. The molecule has 2 rings (SSSR count). The molecule has 2 bridgehead atoms. The molecule has 0 saturated carbocycles. The lowest BCUT2D eigenvalue weighted by atomic mass is 9.94. The fraction of sp³-hybridized carbons (Fsp3) is 0.909. The smallest absolute Gasteiger partial charge is 0.322 e. The molecule has 86 valence electrons. The molecule has 2 aliphatic heterocycles. The van der Waals surface area contributed by atoms with Crippen LogP contribution < -0.4 is 5.32 Å². The van der Waals surface area contributed by atoms with E-state index in [2.05, 4.69) is 5.32 Å². The average Bonchev–Trinajstić information content (AvgIpc) is 2.86. The zero-order valence-electron chi connectivity index (χ0n) is 9.36. The molecule has 1 N–H and O–H groups in total. The lowest BCUT2D eigenvalue weighted by Gasteiger charge is -2.24. The molecule has 0 aromatic carbocycles. The van der Waals surface area contributed by atoms with Crippen molar-refractivity contribution in [3.8, 4) is 0 Å². The Morgan fingerprint density at radius 2 is 2.40 bits per heavy atom. The van der Waals surface area contributed by atoms with Gasteiger partial charge >= 0.3 is 5.97 Å². The van der Waals surface area contributed by atoms with Gasteiger partial charge in [0.15, 0.2) is 0 Å². The topological polar surface area (TPSA) is 47.6 Å². The molecule has 0 aromatic rings. The second kappa shape index (κ2) is 4.49. The predicted octanol–water partition coefficient (Wildman–Crippen LogP) is 0.847. The van der Waals surface area contributed by atoms with Crippen molar-refractivity contribution in [1.29, 1.82) is 0 Å². The number of methoxy groups -OCH3 is 1. The average molecular weight is 213 g/mol. The van der Waals surface area contributed by atoms with Crippen LogP contribution >= 0.6 is 0 Å². The maximum atomic E-state index is 11.4. The molecule has 0 amide bonds. The molecule has 4 nitrogen and oxygen atoms in total. The first-order valence-corrected chi connectivity index (χ1v) is 5.74. The first-order chi connectivity index (χ1) is 7.24. The number of nitrogens with one attached hydrogen (secondary N) is 1. The highest BCUT2D eigenvalue weighted by Gasteiger charge is 2.41. The Kier molecular flexibility index (Phi) is 3.26. The molecule has 2 saturated heterocycles. The van der Waals surface area contributed by atoms with Gasteiger partial charge in [0, 0.05) is 6.04 Å². The zero-order valence-corrected chi connectivity index (χ0v) is 9.36. The van der Waals surface area contributed by atoms with Crippen LogP contribution in [0.3, 0.4) is 0 Å². The fourth-order valence-electron chi connectivity index (χ4n) is 2.57. The third-order valence-electron chi connectivity index (χ3n) is 3.42. The van der Waals surface area contributed by atoms with Gasteiger partial charge in [-0.05, 0) is 25.7 Å².